The second-order valence-electron chi connectivity index (χ2n) is 4.68. The zero-order chi connectivity index (χ0) is 11.5. The molecular weight excluding hydrogens is 208 g/mol. The van der Waals surface area contributed by atoms with Crippen LogP contribution in [0.3, 0.4) is 0 Å². The lowest BCUT2D eigenvalue weighted by atomic mass is 10.1. The third-order valence-electron chi connectivity index (χ3n) is 3.40. The minimum absolute atomic E-state index is 0.102. The molecule has 0 saturated carbocycles. The molecule has 1 atom stereocenters. The van der Waals surface area contributed by atoms with Crippen LogP contribution in [0.25, 0.3) is 0 Å². The van der Waals surface area contributed by atoms with Crippen molar-refractivity contribution in [2.24, 2.45) is 5.92 Å². The molecule has 1 unspecified atom stereocenters. The molecule has 2 amide bonds. The van der Waals surface area contributed by atoms with Gasteiger partial charge in [-0.25, -0.2) is 4.79 Å². The van der Waals surface area contributed by atoms with Crippen LogP contribution in [0.15, 0.2) is 0 Å². The van der Waals surface area contributed by atoms with Crippen molar-refractivity contribution in [1.29, 1.82) is 0 Å². The summed E-state index contributed by atoms with van der Waals surface area (Å²) in [5.74, 6) is -0.621. The molecule has 2 aliphatic rings. The Kier molecular flexibility index (Phi) is 3.31. The molecule has 1 N–H and O–H groups in total. The van der Waals surface area contributed by atoms with E-state index in [-0.39, 0.29) is 18.4 Å². The third kappa shape index (κ3) is 2.46. The summed E-state index contributed by atoms with van der Waals surface area (Å²) in [6.07, 6.45) is 3.20. The fourth-order valence-corrected chi connectivity index (χ4v) is 2.53. The number of aliphatic carboxylic acids is 1. The van der Waals surface area contributed by atoms with Crippen LogP contribution >= 0.6 is 0 Å². The fraction of sp³-hybridized carbons (Fsp3) is 0.818. The lowest BCUT2D eigenvalue weighted by Gasteiger charge is -2.23. The third-order valence-corrected chi connectivity index (χ3v) is 3.40. The van der Waals surface area contributed by atoms with Crippen molar-refractivity contribution in [3.63, 3.8) is 0 Å². The van der Waals surface area contributed by atoms with Gasteiger partial charge in [-0.2, -0.15) is 0 Å². The normalized spacial score (nSPS) is 25.1. The minimum atomic E-state index is -0.763. The number of likely N-dealkylation sites (tertiary alicyclic amines) is 2. The number of carbonyl (C=O) groups is 2. The van der Waals surface area contributed by atoms with Crippen LogP contribution in [0.5, 0.6) is 0 Å². The monoisotopic (exact) mass is 226 g/mol. The van der Waals surface area contributed by atoms with Gasteiger partial charge in [-0.1, -0.05) is 0 Å². The number of urea groups is 1. The number of carboxylic acids is 1. The van der Waals surface area contributed by atoms with Crippen LogP contribution in [0.1, 0.15) is 25.7 Å². The van der Waals surface area contributed by atoms with E-state index in [1.165, 1.54) is 0 Å². The smallest absolute Gasteiger partial charge is 0.320 e. The molecule has 2 rings (SSSR count). The quantitative estimate of drug-likeness (QED) is 0.764. The lowest BCUT2D eigenvalue weighted by molar-refractivity contribution is -0.138. The summed E-state index contributed by atoms with van der Waals surface area (Å²) in [6, 6.07) is 0.102. The number of nitrogens with zero attached hydrogens (tertiary/aromatic N) is 2. The first-order valence-electron chi connectivity index (χ1n) is 5.92. The zero-order valence-corrected chi connectivity index (χ0v) is 9.39. The Labute approximate surface area is 95.0 Å². The number of hydrogen-bond donors (Lipinski definition) is 1. The highest BCUT2D eigenvalue weighted by molar-refractivity contribution is 5.75. The fourth-order valence-electron chi connectivity index (χ4n) is 2.53. The topological polar surface area (TPSA) is 60.9 Å². The predicted octanol–water partition coefficient (Wildman–Crippen LogP) is 0.999. The van der Waals surface area contributed by atoms with Crippen LogP contribution in [0.4, 0.5) is 4.79 Å². The van der Waals surface area contributed by atoms with Crippen LogP contribution in [-0.2, 0) is 4.79 Å². The molecule has 0 aromatic heterocycles. The van der Waals surface area contributed by atoms with Crippen molar-refractivity contribution < 1.29 is 14.7 Å². The average molecular weight is 226 g/mol. The molecule has 5 heteroatoms. The second-order valence-corrected chi connectivity index (χ2v) is 4.68. The van der Waals surface area contributed by atoms with Gasteiger partial charge in [0.1, 0.15) is 0 Å². The van der Waals surface area contributed by atoms with E-state index in [1.54, 1.807) is 4.90 Å². The summed E-state index contributed by atoms with van der Waals surface area (Å²) in [7, 11) is 0. The largest absolute Gasteiger partial charge is 0.481 e. The SMILES string of the molecule is O=C(O)CC1CCN(C(=O)N2CCCC2)C1. The Balaban J connectivity index is 1.83. The van der Waals surface area contributed by atoms with Crippen molar-refractivity contribution in [2.75, 3.05) is 26.2 Å². The predicted molar refractivity (Wildman–Crippen MR) is 58.1 cm³/mol. The summed E-state index contributed by atoms with van der Waals surface area (Å²) >= 11 is 0. The van der Waals surface area contributed by atoms with Gasteiger partial charge in [-0.05, 0) is 25.2 Å². The summed E-state index contributed by atoms with van der Waals surface area (Å²) in [5, 5.41) is 8.70. The van der Waals surface area contributed by atoms with E-state index in [0.29, 0.717) is 13.1 Å². The highest BCUT2D eigenvalue weighted by atomic mass is 16.4. The number of hydrogen-bond acceptors (Lipinski definition) is 2. The zero-order valence-electron chi connectivity index (χ0n) is 9.39. The molecule has 2 saturated heterocycles. The number of rotatable bonds is 2. The molecule has 0 bridgehead atoms. The molecule has 0 radical (unpaired) electrons. The minimum Gasteiger partial charge on any atom is -0.481 e. The molecule has 2 heterocycles. The summed E-state index contributed by atoms with van der Waals surface area (Å²) in [6.45, 7) is 3.05. The maximum absolute atomic E-state index is 12.0. The second kappa shape index (κ2) is 4.72. The van der Waals surface area contributed by atoms with Crippen molar-refractivity contribution in [3.05, 3.63) is 0 Å². The van der Waals surface area contributed by atoms with E-state index in [4.69, 9.17) is 5.11 Å². The molecule has 0 aliphatic carbocycles. The Morgan fingerprint density at radius 2 is 1.81 bits per heavy atom. The van der Waals surface area contributed by atoms with Crippen LogP contribution < -0.4 is 0 Å². The maximum atomic E-state index is 12.0. The standard InChI is InChI=1S/C11H18N2O3/c14-10(15)7-9-3-6-13(8-9)11(16)12-4-1-2-5-12/h9H,1-8H2,(H,14,15). The summed E-state index contributed by atoms with van der Waals surface area (Å²) in [5.41, 5.74) is 0. The maximum Gasteiger partial charge on any atom is 0.320 e. The molecular formula is C11H18N2O3. The van der Waals surface area contributed by atoms with Crippen LogP contribution in [0, 0.1) is 5.92 Å². The highest BCUT2D eigenvalue weighted by Crippen LogP contribution is 2.22. The van der Waals surface area contributed by atoms with E-state index >= 15 is 0 Å². The molecule has 0 aromatic carbocycles. The van der Waals surface area contributed by atoms with E-state index in [2.05, 4.69) is 0 Å². The number of amides is 2. The van der Waals surface area contributed by atoms with E-state index in [9.17, 15) is 9.59 Å². The van der Waals surface area contributed by atoms with Gasteiger partial charge in [0.05, 0.1) is 0 Å². The first-order chi connectivity index (χ1) is 7.66. The molecule has 5 nitrogen and oxygen atoms in total. The first kappa shape index (κ1) is 11.2. The molecule has 2 aliphatic heterocycles. The van der Waals surface area contributed by atoms with E-state index < -0.39 is 5.97 Å². The Bertz CT molecular complexity index is 287. The van der Waals surface area contributed by atoms with Crippen molar-refractivity contribution in [1.82, 2.24) is 9.80 Å². The molecule has 90 valence electrons. The van der Waals surface area contributed by atoms with Crippen molar-refractivity contribution >= 4 is 12.0 Å². The Hall–Kier alpha value is -1.26. The molecule has 0 aromatic rings. The van der Waals surface area contributed by atoms with Gasteiger partial charge < -0.3 is 14.9 Å². The molecule has 16 heavy (non-hydrogen) atoms. The van der Waals surface area contributed by atoms with Gasteiger partial charge in [-0.3, -0.25) is 4.79 Å². The molecule has 2 fully saturated rings. The highest BCUT2D eigenvalue weighted by Gasteiger charge is 2.31. The molecule has 0 spiro atoms. The van der Waals surface area contributed by atoms with Gasteiger partial charge in [0.25, 0.3) is 0 Å². The van der Waals surface area contributed by atoms with Crippen molar-refractivity contribution in [3.8, 4) is 0 Å². The summed E-state index contributed by atoms with van der Waals surface area (Å²) < 4.78 is 0. The first-order valence-corrected chi connectivity index (χ1v) is 5.92. The van der Waals surface area contributed by atoms with Crippen LogP contribution in [0.2, 0.25) is 0 Å². The van der Waals surface area contributed by atoms with Crippen LogP contribution in [-0.4, -0.2) is 53.1 Å². The van der Waals surface area contributed by atoms with Gasteiger partial charge >= 0.3 is 12.0 Å². The number of carboxylic acid groups (broad SMARTS) is 1. The average Bonchev–Trinajstić information content (AvgIpc) is 2.84. The summed E-state index contributed by atoms with van der Waals surface area (Å²) in [4.78, 5) is 26.2. The van der Waals surface area contributed by atoms with E-state index in [1.807, 2.05) is 4.90 Å². The Morgan fingerprint density at radius 3 is 2.44 bits per heavy atom. The van der Waals surface area contributed by atoms with Crippen molar-refractivity contribution in [2.45, 2.75) is 25.7 Å². The van der Waals surface area contributed by atoms with Gasteiger partial charge in [0.2, 0.25) is 0 Å². The Morgan fingerprint density at radius 1 is 1.12 bits per heavy atom. The lowest BCUT2D eigenvalue weighted by Crippen LogP contribution is -2.40. The van der Waals surface area contributed by atoms with Gasteiger partial charge in [0, 0.05) is 32.6 Å². The van der Waals surface area contributed by atoms with Gasteiger partial charge in [-0.15, -0.1) is 0 Å². The van der Waals surface area contributed by atoms with E-state index in [0.717, 1.165) is 32.4 Å². The van der Waals surface area contributed by atoms with Gasteiger partial charge in [0.15, 0.2) is 0 Å². The number of carbonyl (C=O) groups excluding carboxylic acids is 1.